The van der Waals surface area contributed by atoms with Gasteiger partial charge in [0, 0.05) is 37.1 Å². The highest BCUT2D eigenvalue weighted by atomic mass is 19.1. The van der Waals surface area contributed by atoms with Crippen LogP contribution in [0.15, 0.2) is 54.7 Å². The molecule has 31 heavy (non-hydrogen) atoms. The van der Waals surface area contributed by atoms with E-state index in [1.807, 2.05) is 4.68 Å². The molecule has 0 bridgehead atoms. The van der Waals surface area contributed by atoms with E-state index in [4.69, 9.17) is 0 Å². The highest BCUT2D eigenvalue weighted by Crippen LogP contribution is 2.35. The molecule has 156 valence electrons. The van der Waals surface area contributed by atoms with E-state index < -0.39 is 0 Å². The predicted octanol–water partition coefficient (Wildman–Crippen LogP) is 4.53. The molecule has 2 aliphatic heterocycles. The Morgan fingerprint density at radius 3 is 2.68 bits per heavy atom. The smallest absolute Gasteiger partial charge is 0.203 e. The van der Waals surface area contributed by atoms with E-state index in [2.05, 4.69) is 62.4 Å². The number of benzene rings is 2. The van der Waals surface area contributed by atoms with Crippen LogP contribution < -0.4 is 4.90 Å². The van der Waals surface area contributed by atoms with Crippen LogP contribution >= 0.6 is 0 Å². The van der Waals surface area contributed by atoms with Crippen LogP contribution in [0.25, 0.3) is 28.3 Å². The van der Waals surface area contributed by atoms with Gasteiger partial charge in [-0.05, 0) is 70.3 Å². The van der Waals surface area contributed by atoms with Crippen LogP contribution in [0.4, 0.5) is 10.1 Å². The van der Waals surface area contributed by atoms with Gasteiger partial charge in [0.25, 0.3) is 0 Å². The molecule has 0 N–H and O–H groups in total. The molecule has 2 aromatic carbocycles. The van der Waals surface area contributed by atoms with Crippen molar-refractivity contribution < 1.29 is 4.39 Å². The molecular formula is C24H23FN6. The molecule has 0 aliphatic carbocycles. The second kappa shape index (κ2) is 7.04. The maximum absolute atomic E-state index is 13.4. The SMILES string of the molecule is CCCC1CN(c2ccc3c(c2)Cn2cc(-c4ccc(F)cc4)cc2-c2nnnn2-3)C1. The highest BCUT2D eigenvalue weighted by molar-refractivity contribution is 5.71. The molecule has 1 fully saturated rings. The lowest BCUT2D eigenvalue weighted by molar-refractivity contribution is 0.380. The minimum Gasteiger partial charge on any atom is -0.371 e. The standard InChI is InChI=1S/C24H23FN6/c1-2-3-16-12-29(13-16)21-8-9-22-19(10-21)15-30-14-18(17-4-6-20(25)7-5-17)11-23(30)24-26-27-28-31(22)24/h4-11,14,16H,2-3,12-13,15H2,1H3. The number of nitrogens with zero attached hydrogens (tertiary/aromatic N) is 6. The van der Waals surface area contributed by atoms with Crippen molar-refractivity contribution in [1.82, 2.24) is 24.8 Å². The number of halogens is 1. The van der Waals surface area contributed by atoms with Crippen molar-refractivity contribution >= 4 is 5.69 Å². The van der Waals surface area contributed by atoms with E-state index in [1.165, 1.54) is 36.2 Å². The van der Waals surface area contributed by atoms with Crippen LogP contribution in [0.5, 0.6) is 0 Å². The van der Waals surface area contributed by atoms with Crippen molar-refractivity contribution in [3.63, 3.8) is 0 Å². The first kappa shape index (κ1) is 18.3. The van der Waals surface area contributed by atoms with Crippen molar-refractivity contribution in [3.05, 3.63) is 66.1 Å². The first-order valence-corrected chi connectivity index (χ1v) is 10.8. The molecule has 6 rings (SSSR count). The molecule has 0 unspecified atom stereocenters. The Labute approximate surface area is 179 Å². The first-order chi connectivity index (χ1) is 15.2. The summed E-state index contributed by atoms with van der Waals surface area (Å²) < 4.78 is 17.4. The van der Waals surface area contributed by atoms with Crippen molar-refractivity contribution in [2.45, 2.75) is 26.3 Å². The van der Waals surface area contributed by atoms with Gasteiger partial charge < -0.3 is 9.47 Å². The molecular weight excluding hydrogens is 391 g/mol. The summed E-state index contributed by atoms with van der Waals surface area (Å²) in [6.07, 6.45) is 4.65. The van der Waals surface area contributed by atoms with E-state index in [0.717, 1.165) is 48.1 Å². The third-order valence-electron chi connectivity index (χ3n) is 6.42. The minimum atomic E-state index is -0.234. The highest BCUT2D eigenvalue weighted by Gasteiger charge is 2.28. The number of tetrazole rings is 1. The second-order valence-electron chi connectivity index (χ2n) is 8.54. The van der Waals surface area contributed by atoms with Crippen molar-refractivity contribution in [2.75, 3.05) is 18.0 Å². The Bertz CT molecular complexity index is 1250. The molecule has 0 spiro atoms. The second-order valence-corrected chi connectivity index (χ2v) is 8.54. The number of hydrogen-bond donors (Lipinski definition) is 0. The van der Waals surface area contributed by atoms with Gasteiger partial charge >= 0.3 is 0 Å². The van der Waals surface area contributed by atoms with Crippen molar-refractivity contribution in [1.29, 1.82) is 0 Å². The monoisotopic (exact) mass is 414 g/mol. The molecule has 0 saturated carbocycles. The zero-order chi connectivity index (χ0) is 20.9. The van der Waals surface area contributed by atoms with E-state index in [9.17, 15) is 4.39 Å². The fraction of sp³-hybridized carbons (Fsp3) is 0.292. The molecule has 0 atom stereocenters. The fourth-order valence-electron chi connectivity index (χ4n) is 4.79. The lowest BCUT2D eigenvalue weighted by Gasteiger charge is -2.41. The Hall–Kier alpha value is -3.48. The maximum atomic E-state index is 13.4. The van der Waals surface area contributed by atoms with Gasteiger partial charge in [-0.1, -0.05) is 25.5 Å². The third-order valence-corrected chi connectivity index (χ3v) is 6.42. The van der Waals surface area contributed by atoms with E-state index in [-0.39, 0.29) is 5.82 Å². The lowest BCUT2D eigenvalue weighted by Crippen LogP contribution is -2.46. The van der Waals surface area contributed by atoms with Gasteiger partial charge in [-0.25, -0.2) is 4.39 Å². The Balaban J connectivity index is 1.39. The minimum absolute atomic E-state index is 0.234. The summed E-state index contributed by atoms with van der Waals surface area (Å²) in [5.41, 5.74) is 6.40. The largest absolute Gasteiger partial charge is 0.371 e. The maximum Gasteiger partial charge on any atom is 0.203 e. The molecule has 2 aromatic heterocycles. The van der Waals surface area contributed by atoms with Crippen LogP contribution in [0.1, 0.15) is 25.3 Å². The summed E-state index contributed by atoms with van der Waals surface area (Å²) in [4.78, 5) is 2.45. The van der Waals surface area contributed by atoms with E-state index >= 15 is 0 Å². The lowest BCUT2D eigenvalue weighted by atomic mass is 9.94. The van der Waals surface area contributed by atoms with Gasteiger partial charge in [-0.15, -0.1) is 5.10 Å². The quantitative estimate of drug-likeness (QED) is 0.433. The molecule has 2 aliphatic rings. The normalized spacial score (nSPS) is 15.1. The van der Waals surface area contributed by atoms with Gasteiger partial charge in [0.15, 0.2) is 0 Å². The molecule has 6 nitrogen and oxygen atoms in total. The number of rotatable bonds is 4. The number of fused-ring (bicyclic) bond motifs is 5. The van der Waals surface area contributed by atoms with Gasteiger partial charge in [0.05, 0.1) is 11.4 Å². The summed E-state index contributed by atoms with van der Waals surface area (Å²) in [5.74, 6) is 1.29. The van der Waals surface area contributed by atoms with Crippen molar-refractivity contribution in [3.8, 4) is 28.3 Å². The van der Waals surface area contributed by atoms with Gasteiger partial charge in [0.1, 0.15) is 5.82 Å². The molecule has 1 saturated heterocycles. The predicted molar refractivity (Wildman–Crippen MR) is 118 cm³/mol. The molecule has 4 aromatic rings. The number of aromatic nitrogens is 5. The van der Waals surface area contributed by atoms with Gasteiger partial charge in [-0.3, -0.25) is 0 Å². The molecule has 4 heterocycles. The topological polar surface area (TPSA) is 51.8 Å². The molecule has 0 amide bonds. The summed E-state index contributed by atoms with van der Waals surface area (Å²) in [7, 11) is 0. The summed E-state index contributed by atoms with van der Waals surface area (Å²) >= 11 is 0. The Kier molecular flexibility index (Phi) is 4.16. The van der Waals surface area contributed by atoms with E-state index in [1.54, 1.807) is 12.1 Å². The molecule has 7 heteroatoms. The van der Waals surface area contributed by atoms with Gasteiger partial charge in [-0.2, -0.15) is 4.68 Å². The summed E-state index contributed by atoms with van der Waals surface area (Å²) in [5, 5.41) is 12.5. The zero-order valence-electron chi connectivity index (χ0n) is 17.4. The number of anilines is 1. The third kappa shape index (κ3) is 3.03. The zero-order valence-corrected chi connectivity index (χ0v) is 17.4. The van der Waals surface area contributed by atoms with Crippen LogP contribution in [0.3, 0.4) is 0 Å². The first-order valence-electron chi connectivity index (χ1n) is 10.8. The summed E-state index contributed by atoms with van der Waals surface area (Å²) in [6.45, 7) is 5.24. The molecule has 0 radical (unpaired) electrons. The average Bonchev–Trinajstić information content (AvgIpc) is 3.36. The van der Waals surface area contributed by atoms with Crippen LogP contribution in [-0.2, 0) is 6.54 Å². The van der Waals surface area contributed by atoms with Crippen LogP contribution in [0, 0.1) is 11.7 Å². The Morgan fingerprint density at radius 2 is 1.87 bits per heavy atom. The van der Waals surface area contributed by atoms with Crippen LogP contribution in [0.2, 0.25) is 0 Å². The van der Waals surface area contributed by atoms with Crippen LogP contribution in [-0.4, -0.2) is 37.9 Å². The van der Waals surface area contributed by atoms with Gasteiger partial charge in [0.2, 0.25) is 5.82 Å². The average molecular weight is 414 g/mol. The Morgan fingerprint density at radius 1 is 1.03 bits per heavy atom. The van der Waals surface area contributed by atoms with E-state index in [0.29, 0.717) is 5.82 Å². The van der Waals surface area contributed by atoms with Crippen molar-refractivity contribution in [2.24, 2.45) is 5.92 Å². The number of hydrogen-bond acceptors (Lipinski definition) is 4. The summed E-state index contributed by atoms with van der Waals surface area (Å²) in [6, 6.07) is 15.2. The fourth-order valence-corrected chi connectivity index (χ4v) is 4.79.